The molecule has 1 saturated heterocycles. The summed E-state index contributed by atoms with van der Waals surface area (Å²) in [6, 6.07) is 4.79. The maximum Gasteiger partial charge on any atom is 0.513 e. The third-order valence-corrected chi connectivity index (χ3v) is 8.23. The van der Waals surface area contributed by atoms with Gasteiger partial charge in [0.1, 0.15) is 5.52 Å². The smallest absolute Gasteiger partial charge is 0.434 e. The minimum Gasteiger partial charge on any atom is -0.434 e. The molecule has 0 radical (unpaired) electrons. The van der Waals surface area contributed by atoms with Gasteiger partial charge in [-0.25, -0.2) is 13.2 Å². The molecule has 11 heteroatoms. The van der Waals surface area contributed by atoms with Crippen molar-refractivity contribution in [3.63, 3.8) is 0 Å². The molecule has 0 amide bonds. The highest BCUT2D eigenvalue weighted by Crippen LogP contribution is 2.36. The van der Waals surface area contributed by atoms with E-state index < -0.39 is 21.7 Å². The lowest BCUT2D eigenvalue weighted by atomic mass is 10.1. The van der Waals surface area contributed by atoms with E-state index in [1.54, 1.807) is 16.4 Å². The minimum absolute atomic E-state index is 0.0122. The standard InChI is InChI=1S/C23H28N4O6S/c1-2-10-32-23(29)33-19-12-25-21-20(19)17-11-16(7-8-18(17)26-22(21)28)34(30,31)27(15-5-6-15)13-14-4-3-9-24-14/h7-8,11-12,14-15,24-25H,2-6,9-10,13H2,1H3,(H,26,28)/t14-/m1/s1. The van der Waals surface area contributed by atoms with Crippen molar-refractivity contribution in [1.82, 2.24) is 19.6 Å². The molecule has 0 bridgehead atoms. The van der Waals surface area contributed by atoms with Crippen molar-refractivity contribution in [3.8, 4) is 5.75 Å². The van der Waals surface area contributed by atoms with E-state index in [4.69, 9.17) is 9.47 Å². The van der Waals surface area contributed by atoms with Crippen molar-refractivity contribution in [1.29, 1.82) is 0 Å². The zero-order valence-corrected chi connectivity index (χ0v) is 19.7. The number of carbonyl (C=O) groups is 1. The fourth-order valence-electron chi connectivity index (χ4n) is 4.49. The van der Waals surface area contributed by atoms with Crippen molar-refractivity contribution >= 4 is 38.0 Å². The van der Waals surface area contributed by atoms with E-state index in [1.807, 2.05) is 6.92 Å². The molecule has 3 aromatic rings. The first kappa shape index (κ1) is 22.9. The Bertz CT molecular complexity index is 1390. The van der Waals surface area contributed by atoms with Crippen molar-refractivity contribution in [3.05, 3.63) is 34.7 Å². The van der Waals surface area contributed by atoms with Crippen molar-refractivity contribution < 1.29 is 22.7 Å². The number of aromatic nitrogens is 2. The van der Waals surface area contributed by atoms with E-state index in [2.05, 4.69) is 15.3 Å². The number of rotatable bonds is 8. The Kier molecular flexibility index (Phi) is 6.09. The number of hydrogen-bond acceptors (Lipinski definition) is 7. The monoisotopic (exact) mass is 488 g/mol. The predicted molar refractivity (Wildman–Crippen MR) is 127 cm³/mol. The summed E-state index contributed by atoms with van der Waals surface area (Å²) in [6.45, 7) is 3.41. The van der Waals surface area contributed by atoms with Crippen LogP contribution in [0, 0.1) is 0 Å². The molecule has 0 spiro atoms. The van der Waals surface area contributed by atoms with Crippen LogP contribution in [0.2, 0.25) is 0 Å². The average molecular weight is 489 g/mol. The highest BCUT2D eigenvalue weighted by molar-refractivity contribution is 7.89. The Labute approximate surface area is 196 Å². The van der Waals surface area contributed by atoms with E-state index in [0.29, 0.717) is 29.3 Å². The molecule has 2 aromatic heterocycles. The summed E-state index contributed by atoms with van der Waals surface area (Å²) in [6.07, 6.45) is 4.86. The number of hydrogen-bond donors (Lipinski definition) is 3. The van der Waals surface area contributed by atoms with Crippen LogP contribution in [-0.4, -0.2) is 60.6 Å². The van der Waals surface area contributed by atoms with Crippen LogP contribution in [0.15, 0.2) is 34.1 Å². The van der Waals surface area contributed by atoms with Crippen LogP contribution in [0.5, 0.6) is 5.75 Å². The third kappa shape index (κ3) is 4.30. The molecule has 2 fully saturated rings. The van der Waals surface area contributed by atoms with E-state index in [1.165, 1.54) is 12.3 Å². The molecule has 10 nitrogen and oxygen atoms in total. The van der Waals surface area contributed by atoms with Crippen LogP contribution >= 0.6 is 0 Å². The first-order chi connectivity index (χ1) is 16.4. The van der Waals surface area contributed by atoms with Gasteiger partial charge >= 0.3 is 6.16 Å². The van der Waals surface area contributed by atoms with Gasteiger partial charge in [-0.1, -0.05) is 6.92 Å². The molecule has 5 rings (SSSR count). The molecule has 34 heavy (non-hydrogen) atoms. The number of sulfonamides is 1. The van der Waals surface area contributed by atoms with Gasteiger partial charge < -0.3 is 24.8 Å². The lowest BCUT2D eigenvalue weighted by Gasteiger charge is -2.25. The topological polar surface area (TPSA) is 134 Å². The summed E-state index contributed by atoms with van der Waals surface area (Å²) in [5.41, 5.74) is 0.231. The van der Waals surface area contributed by atoms with E-state index in [0.717, 1.165) is 32.2 Å². The Morgan fingerprint density at radius 1 is 1.24 bits per heavy atom. The maximum absolute atomic E-state index is 13.7. The van der Waals surface area contributed by atoms with Gasteiger partial charge in [0.2, 0.25) is 10.0 Å². The minimum atomic E-state index is -3.77. The summed E-state index contributed by atoms with van der Waals surface area (Å²) in [7, 11) is -3.77. The van der Waals surface area contributed by atoms with Crippen molar-refractivity contribution in [2.45, 2.75) is 56.0 Å². The number of H-pyrrole nitrogens is 2. The van der Waals surface area contributed by atoms with Gasteiger partial charge in [-0.3, -0.25) is 4.79 Å². The second kappa shape index (κ2) is 9.05. The normalized spacial score (nSPS) is 18.7. The largest absolute Gasteiger partial charge is 0.513 e. The average Bonchev–Trinajstić information content (AvgIpc) is 3.34. The maximum atomic E-state index is 13.7. The fourth-order valence-corrected chi connectivity index (χ4v) is 6.25. The van der Waals surface area contributed by atoms with Crippen LogP contribution in [0.4, 0.5) is 4.79 Å². The van der Waals surface area contributed by atoms with Gasteiger partial charge in [0.05, 0.1) is 16.9 Å². The van der Waals surface area contributed by atoms with Crippen molar-refractivity contribution in [2.75, 3.05) is 19.7 Å². The molecular formula is C23H28N4O6S. The molecule has 0 unspecified atom stereocenters. The fraction of sp³-hybridized carbons (Fsp3) is 0.478. The van der Waals surface area contributed by atoms with Gasteiger partial charge in [-0.2, -0.15) is 4.31 Å². The number of aromatic amines is 2. The third-order valence-electron chi connectivity index (χ3n) is 6.32. The van der Waals surface area contributed by atoms with Gasteiger partial charge in [0.15, 0.2) is 5.75 Å². The van der Waals surface area contributed by atoms with E-state index >= 15 is 0 Å². The van der Waals surface area contributed by atoms with Gasteiger partial charge in [-0.15, -0.1) is 0 Å². The molecule has 1 atom stereocenters. The summed E-state index contributed by atoms with van der Waals surface area (Å²) >= 11 is 0. The summed E-state index contributed by atoms with van der Waals surface area (Å²) in [5.74, 6) is 0.107. The highest BCUT2D eigenvalue weighted by atomic mass is 32.2. The zero-order valence-electron chi connectivity index (χ0n) is 18.9. The Morgan fingerprint density at radius 3 is 2.76 bits per heavy atom. The number of pyridine rings is 1. The molecule has 3 heterocycles. The van der Waals surface area contributed by atoms with Crippen LogP contribution in [0.3, 0.4) is 0 Å². The molecule has 182 valence electrons. The number of carbonyl (C=O) groups excluding carboxylic acids is 1. The van der Waals surface area contributed by atoms with E-state index in [9.17, 15) is 18.0 Å². The number of nitrogens with one attached hydrogen (secondary N) is 3. The van der Waals surface area contributed by atoms with Crippen LogP contribution in [-0.2, 0) is 14.8 Å². The quantitative estimate of drug-likeness (QED) is 0.415. The predicted octanol–water partition coefficient (Wildman–Crippen LogP) is 2.84. The first-order valence-electron chi connectivity index (χ1n) is 11.7. The molecule has 1 aliphatic carbocycles. The lowest BCUT2D eigenvalue weighted by molar-refractivity contribution is 0.0997. The second-order valence-corrected chi connectivity index (χ2v) is 10.8. The first-order valence-corrected chi connectivity index (χ1v) is 13.1. The summed E-state index contributed by atoms with van der Waals surface area (Å²) in [5, 5.41) is 4.18. The lowest BCUT2D eigenvalue weighted by Crippen LogP contribution is -2.42. The van der Waals surface area contributed by atoms with Crippen LogP contribution < -0.4 is 15.6 Å². The second-order valence-electron chi connectivity index (χ2n) is 8.86. The Hall–Kier alpha value is -2.89. The molecule has 1 aliphatic heterocycles. The SMILES string of the molecule is CCCOC(=O)Oc1c[nH]c2c(=O)[nH]c3ccc(S(=O)(=O)N(C[C@H]4CCCN4)C4CC4)cc3c12. The van der Waals surface area contributed by atoms with Crippen LogP contribution in [0.25, 0.3) is 21.8 Å². The van der Waals surface area contributed by atoms with Crippen LogP contribution in [0.1, 0.15) is 39.0 Å². The molecular weight excluding hydrogens is 460 g/mol. The highest BCUT2D eigenvalue weighted by Gasteiger charge is 2.39. The van der Waals surface area contributed by atoms with Gasteiger partial charge in [0, 0.05) is 35.7 Å². The Balaban J connectivity index is 1.56. The summed E-state index contributed by atoms with van der Waals surface area (Å²) in [4.78, 5) is 30.3. The molecule has 3 N–H and O–H groups in total. The van der Waals surface area contributed by atoms with Gasteiger partial charge in [0.25, 0.3) is 5.56 Å². The van der Waals surface area contributed by atoms with Crippen molar-refractivity contribution in [2.24, 2.45) is 0 Å². The van der Waals surface area contributed by atoms with Gasteiger partial charge in [-0.05, 0) is 56.8 Å². The Morgan fingerprint density at radius 2 is 2.06 bits per heavy atom. The molecule has 1 saturated carbocycles. The molecule has 1 aromatic carbocycles. The number of benzene rings is 1. The molecule has 2 aliphatic rings. The summed E-state index contributed by atoms with van der Waals surface area (Å²) < 4.78 is 39.3. The number of fused-ring (bicyclic) bond motifs is 3. The van der Waals surface area contributed by atoms with E-state index in [-0.39, 0.29) is 34.9 Å². The number of nitrogens with zero attached hydrogens (tertiary/aromatic N) is 1. The number of ether oxygens (including phenoxy) is 2. The zero-order chi connectivity index (χ0) is 23.9.